The molecule has 0 spiro atoms. The molecule has 0 unspecified atom stereocenters. The van der Waals surface area contributed by atoms with Gasteiger partial charge in [-0.25, -0.2) is 17.9 Å². The van der Waals surface area contributed by atoms with Gasteiger partial charge in [0, 0.05) is 19.2 Å². The van der Waals surface area contributed by atoms with Gasteiger partial charge < -0.3 is 15.8 Å². The molecule has 0 saturated heterocycles. The summed E-state index contributed by atoms with van der Waals surface area (Å²) in [6, 6.07) is 17.1. The number of ether oxygens (including phenoxy) is 1. The molecule has 9 heteroatoms. The van der Waals surface area contributed by atoms with E-state index in [1.165, 1.54) is 0 Å². The van der Waals surface area contributed by atoms with Crippen LogP contribution in [0.1, 0.15) is 23.6 Å². The van der Waals surface area contributed by atoms with Crippen molar-refractivity contribution in [2.75, 3.05) is 13.2 Å². The van der Waals surface area contributed by atoms with Crippen LogP contribution in [0.15, 0.2) is 76.8 Å². The monoisotopic (exact) mass is 414 g/mol. The molecule has 0 aromatic heterocycles. The van der Waals surface area contributed by atoms with E-state index in [2.05, 4.69) is 10.3 Å². The number of aliphatic imine (C=N–C) groups is 1. The fourth-order valence-corrected chi connectivity index (χ4v) is 3.82. The van der Waals surface area contributed by atoms with Crippen molar-refractivity contribution in [2.45, 2.75) is 12.5 Å². The van der Waals surface area contributed by atoms with Gasteiger partial charge in [-0.2, -0.15) is 0 Å². The average Bonchev–Trinajstić information content (AvgIpc) is 2.74. The molecule has 2 amide bonds. The van der Waals surface area contributed by atoms with Crippen LogP contribution in [-0.4, -0.2) is 33.5 Å². The van der Waals surface area contributed by atoms with E-state index in [0.717, 1.165) is 17.3 Å². The number of benzene rings is 2. The Bertz CT molecular complexity index is 966. The standard InChI is InChI=1S/C20H22N4O4S/c21-14-17(19-22-12-7-13-28-19)29(26,27)24-20(25)23-18(15-8-3-1-4-9-15)16-10-5-2-6-11-16/h1-6,8-11,14,18H,7,12-13,21H2,(H2,23,24,25). The van der Waals surface area contributed by atoms with Crippen LogP contribution in [0.25, 0.3) is 0 Å². The highest BCUT2D eigenvalue weighted by Crippen LogP contribution is 2.21. The van der Waals surface area contributed by atoms with Gasteiger partial charge in [-0.15, -0.1) is 0 Å². The smallest absolute Gasteiger partial charge is 0.329 e. The average molecular weight is 414 g/mol. The Kier molecular flexibility index (Phi) is 6.50. The van der Waals surface area contributed by atoms with Crippen molar-refractivity contribution in [2.24, 2.45) is 10.7 Å². The number of urea groups is 1. The highest BCUT2D eigenvalue weighted by Gasteiger charge is 2.28. The zero-order valence-electron chi connectivity index (χ0n) is 15.6. The van der Waals surface area contributed by atoms with Crippen LogP contribution in [0.4, 0.5) is 4.79 Å². The number of rotatable bonds is 6. The van der Waals surface area contributed by atoms with Crippen LogP contribution in [0, 0.1) is 0 Å². The van der Waals surface area contributed by atoms with Gasteiger partial charge in [-0.05, 0) is 11.1 Å². The number of hydrogen-bond acceptors (Lipinski definition) is 6. The van der Waals surface area contributed by atoms with Gasteiger partial charge >= 0.3 is 6.03 Å². The van der Waals surface area contributed by atoms with Crippen LogP contribution < -0.4 is 15.8 Å². The zero-order chi connectivity index (χ0) is 20.7. The maximum atomic E-state index is 12.6. The highest BCUT2D eigenvalue weighted by atomic mass is 32.2. The lowest BCUT2D eigenvalue weighted by Crippen LogP contribution is -2.43. The van der Waals surface area contributed by atoms with E-state index >= 15 is 0 Å². The Balaban J connectivity index is 1.80. The Morgan fingerprint density at radius 2 is 1.66 bits per heavy atom. The molecule has 4 N–H and O–H groups in total. The number of nitrogens with zero attached hydrogens (tertiary/aromatic N) is 1. The molecule has 1 aliphatic rings. The minimum Gasteiger partial charge on any atom is -0.477 e. The summed E-state index contributed by atoms with van der Waals surface area (Å²) in [4.78, 5) is 16.2. The molecule has 0 aliphatic carbocycles. The first-order chi connectivity index (χ1) is 14.0. The quantitative estimate of drug-likeness (QED) is 0.667. The molecule has 0 fully saturated rings. The molecular weight excluding hydrogens is 392 g/mol. The normalized spacial score (nSPS) is 14.7. The molecule has 2 aromatic carbocycles. The number of amides is 2. The number of nitrogens with two attached hydrogens (primary N) is 1. The minimum atomic E-state index is -4.26. The van der Waals surface area contributed by atoms with Crippen LogP contribution in [0.3, 0.4) is 0 Å². The summed E-state index contributed by atoms with van der Waals surface area (Å²) in [5, 5.41) is 2.71. The maximum absolute atomic E-state index is 12.6. The maximum Gasteiger partial charge on any atom is 0.329 e. The van der Waals surface area contributed by atoms with Gasteiger partial charge in [0.2, 0.25) is 5.90 Å². The molecule has 0 radical (unpaired) electrons. The Morgan fingerprint density at radius 1 is 1.07 bits per heavy atom. The molecule has 0 saturated carbocycles. The predicted octanol–water partition coefficient (Wildman–Crippen LogP) is 2.02. The van der Waals surface area contributed by atoms with Gasteiger partial charge in [-0.1, -0.05) is 60.7 Å². The van der Waals surface area contributed by atoms with Crippen molar-refractivity contribution in [1.29, 1.82) is 0 Å². The van der Waals surface area contributed by atoms with E-state index < -0.39 is 22.1 Å². The van der Waals surface area contributed by atoms with Gasteiger partial charge in [0.15, 0.2) is 4.91 Å². The number of carbonyl (C=O) groups excluding carboxylic acids is 1. The first-order valence-corrected chi connectivity index (χ1v) is 10.5. The van der Waals surface area contributed by atoms with Crippen molar-refractivity contribution in [3.63, 3.8) is 0 Å². The minimum absolute atomic E-state index is 0.0956. The van der Waals surface area contributed by atoms with E-state index in [4.69, 9.17) is 10.5 Å². The molecule has 29 heavy (non-hydrogen) atoms. The topological polar surface area (TPSA) is 123 Å². The second kappa shape index (κ2) is 9.24. The lowest BCUT2D eigenvalue weighted by molar-refractivity contribution is 0.243. The van der Waals surface area contributed by atoms with Crippen molar-refractivity contribution in [3.05, 3.63) is 82.9 Å². The van der Waals surface area contributed by atoms with Crippen LogP contribution >= 0.6 is 0 Å². The summed E-state index contributed by atoms with van der Waals surface area (Å²) in [5.74, 6) is -0.0956. The van der Waals surface area contributed by atoms with Gasteiger partial charge in [0.25, 0.3) is 10.0 Å². The lowest BCUT2D eigenvalue weighted by atomic mass is 9.99. The third-order valence-electron chi connectivity index (χ3n) is 4.22. The second-order valence-corrected chi connectivity index (χ2v) is 7.90. The van der Waals surface area contributed by atoms with Crippen molar-refractivity contribution < 1.29 is 17.9 Å². The third-order valence-corrected chi connectivity index (χ3v) is 5.56. The summed E-state index contributed by atoms with van der Waals surface area (Å²) in [6.45, 7) is 0.764. The molecule has 152 valence electrons. The fraction of sp³-hybridized carbons (Fsp3) is 0.200. The Morgan fingerprint density at radius 3 is 2.14 bits per heavy atom. The fourth-order valence-electron chi connectivity index (χ4n) is 2.87. The number of nitrogens with one attached hydrogen (secondary N) is 2. The van der Waals surface area contributed by atoms with E-state index in [1.54, 1.807) is 0 Å². The molecule has 0 bridgehead atoms. The molecule has 2 aromatic rings. The predicted molar refractivity (Wildman–Crippen MR) is 110 cm³/mol. The molecular formula is C20H22N4O4S. The molecule has 1 heterocycles. The zero-order valence-corrected chi connectivity index (χ0v) is 16.4. The van der Waals surface area contributed by atoms with E-state index in [1.807, 2.05) is 65.4 Å². The van der Waals surface area contributed by atoms with E-state index in [0.29, 0.717) is 19.6 Å². The largest absolute Gasteiger partial charge is 0.477 e. The molecule has 1 aliphatic heterocycles. The van der Waals surface area contributed by atoms with Crippen molar-refractivity contribution in [3.8, 4) is 0 Å². The summed E-state index contributed by atoms with van der Waals surface area (Å²) >= 11 is 0. The third kappa shape index (κ3) is 5.14. The van der Waals surface area contributed by atoms with Crippen molar-refractivity contribution >= 4 is 22.0 Å². The highest BCUT2D eigenvalue weighted by molar-refractivity contribution is 7.94. The van der Waals surface area contributed by atoms with Crippen LogP contribution in [0.2, 0.25) is 0 Å². The van der Waals surface area contributed by atoms with Crippen molar-refractivity contribution in [1.82, 2.24) is 10.0 Å². The molecule has 0 atom stereocenters. The summed E-state index contributed by atoms with van der Waals surface area (Å²) in [5.41, 5.74) is 7.09. The number of carbonyl (C=O) groups is 1. The summed E-state index contributed by atoms with van der Waals surface area (Å²) < 4.78 is 32.5. The first kappa shape index (κ1) is 20.4. The van der Waals surface area contributed by atoms with E-state index in [-0.39, 0.29) is 10.8 Å². The Labute approximate surface area is 169 Å². The van der Waals surface area contributed by atoms with E-state index in [9.17, 15) is 13.2 Å². The second-order valence-electron chi connectivity index (χ2n) is 6.25. The van der Waals surface area contributed by atoms with Crippen LogP contribution in [-0.2, 0) is 14.8 Å². The summed E-state index contributed by atoms with van der Waals surface area (Å²) in [7, 11) is -4.26. The SMILES string of the molecule is NC=C(C1=NCCCO1)S(=O)(=O)NC(=O)NC(c1ccccc1)c1ccccc1. The number of sulfonamides is 1. The molecule has 3 rings (SSSR count). The lowest BCUT2D eigenvalue weighted by Gasteiger charge is -2.21. The van der Waals surface area contributed by atoms with Gasteiger partial charge in [0.1, 0.15) is 0 Å². The first-order valence-electron chi connectivity index (χ1n) is 9.04. The van der Waals surface area contributed by atoms with Gasteiger partial charge in [0.05, 0.1) is 12.6 Å². The Hall–Kier alpha value is -3.33. The van der Waals surface area contributed by atoms with Gasteiger partial charge in [-0.3, -0.25) is 4.99 Å². The van der Waals surface area contributed by atoms with Crippen LogP contribution in [0.5, 0.6) is 0 Å². The summed E-state index contributed by atoms with van der Waals surface area (Å²) in [6.07, 6.45) is 1.55. The molecule has 8 nitrogen and oxygen atoms in total. The number of hydrogen-bond donors (Lipinski definition) is 3.